The molecule has 0 aromatic heterocycles. The van der Waals surface area contributed by atoms with Crippen LogP contribution in [0.3, 0.4) is 0 Å². The average molecular weight is 198 g/mol. The Balaban J connectivity index is 2.54. The highest BCUT2D eigenvalue weighted by Gasteiger charge is 2.39. The number of hydrogen-bond acceptors (Lipinski definition) is 3. The maximum Gasteiger partial charge on any atom is 0.217 e. The highest BCUT2D eigenvalue weighted by Crippen LogP contribution is 2.31. The summed E-state index contributed by atoms with van der Waals surface area (Å²) in [5, 5.41) is 9.31. The van der Waals surface area contributed by atoms with Crippen molar-refractivity contribution in [3.63, 3.8) is 0 Å². The van der Waals surface area contributed by atoms with Crippen molar-refractivity contribution >= 4 is 5.90 Å². The van der Waals surface area contributed by atoms with Crippen molar-refractivity contribution in [1.29, 1.82) is 5.26 Å². The zero-order valence-electron chi connectivity index (χ0n) is 8.34. The van der Waals surface area contributed by atoms with Gasteiger partial charge in [0.1, 0.15) is 0 Å². The second-order valence-electron chi connectivity index (χ2n) is 3.24. The summed E-state index contributed by atoms with van der Waals surface area (Å²) in [7, 11) is 1.53. The molecule has 1 aliphatic rings. The lowest BCUT2D eigenvalue weighted by Gasteiger charge is -2.20. The summed E-state index contributed by atoms with van der Waals surface area (Å²) in [4.78, 5) is 4.05. The lowest BCUT2D eigenvalue weighted by molar-refractivity contribution is 0.381. The minimum atomic E-state index is -0.851. The van der Waals surface area contributed by atoms with E-state index in [-0.39, 0.29) is 0 Å². The third-order valence-corrected chi connectivity index (χ3v) is 2.45. The maximum absolute atomic E-state index is 9.31. The first-order valence-corrected chi connectivity index (χ1v) is 4.60. The number of rotatable bonds is 1. The van der Waals surface area contributed by atoms with Gasteiger partial charge in [-0.25, -0.2) is 4.99 Å². The number of aliphatic imine (C=N–C) groups is 1. The van der Waals surface area contributed by atoms with E-state index in [0.29, 0.717) is 5.90 Å². The molecule has 74 valence electrons. The summed E-state index contributed by atoms with van der Waals surface area (Å²) >= 11 is 0. The predicted molar refractivity (Wildman–Crippen MR) is 57.3 cm³/mol. The molecule has 1 unspecified atom stereocenters. The summed E-state index contributed by atoms with van der Waals surface area (Å²) < 4.78 is 5.14. The minimum Gasteiger partial charge on any atom is -0.482 e. The number of methoxy groups -OCH3 is 1. The van der Waals surface area contributed by atoms with Gasteiger partial charge in [0.15, 0.2) is 5.41 Å². The zero-order valence-corrected chi connectivity index (χ0v) is 8.34. The maximum atomic E-state index is 9.31. The van der Waals surface area contributed by atoms with Crippen LogP contribution >= 0.6 is 0 Å². The van der Waals surface area contributed by atoms with Gasteiger partial charge in [-0.15, -0.1) is 0 Å². The Labute approximate surface area is 88.3 Å². The van der Waals surface area contributed by atoms with Crippen molar-refractivity contribution in [2.75, 3.05) is 7.11 Å². The van der Waals surface area contributed by atoms with Gasteiger partial charge in [-0.3, -0.25) is 0 Å². The van der Waals surface area contributed by atoms with E-state index < -0.39 is 5.41 Å². The van der Waals surface area contributed by atoms with E-state index in [9.17, 15) is 5.26 Å². The van der Waals surface area contributed by atoms with E-state index in [1.807, 2.05) is 30.3 Å². The summed E-state index contributed by atoms with van der Waals surface area (Å²) in [6.45, 7) is 0. The van der Waals surface area contributed by atoms with Crippen LogP contribution in [0, 0.1) is 11.3 Å². The number of ether oxygens (including phenoxy) is 1. The summed E-state index contributed by atoms with van der Waals surface area (Å²) in [5.41, 5.74) is 0.0255. The van der Waals surface area contributed by atoms with Crippen molar-refractivity contribution in [2.45, 2.75) is 5.41 Å². The van der Waals surface area contributed by atoms with Crippen LogP contribution in [0.1, 0.15) is 5.56 Å². The molecule has 3 heteroatoms. The molecule has 1 heterocycles. The fourth-order valence-electron chi connectivity index (χ4n) is 1.67. The smallest absolute Gasteiger partial charge is 0.217 e. The minimum absolute atomic E-state index is 0.427. The van der Waals surface area contributed by atoms with Gasteiger partial charge in [-0.05, 0) is 11.6 Å². The Morgan fingerprint density at radius 1 is 1.33 bits per heavy atom. The lowest BCUT2D eigenvalue weighted by Crippen LogP contribution is -2.31. The molecular weight excluding hydrogens is 188 g/mol. The number of nitriles is 1. The summed E-state index contributed by atoms with van der Waals surface area (Å²) in [6.07, 6.45) is 3.36. The van der Waals surface area contributed by atoms with E-state index >= 15 is 0 Å². The van der Waals surface area contributed by atoms with Gasteiger partial charge >= 0.3 is 0 Å². The molecule has 1 aromatic carbocycles. The Morgan fingerprint density at radius 2 is 2.07 bits per heavy atom. The van der Waals surface area contributed by atoms with Gasteiger partial charge in [-0.2, -0.15) is 5.26 Å². The SMILES string of the molecule is COC1=NC=CC1(C#N)c1ccccc1. The van der Waals surface area contributed by atoms with Gasteiger partial charge in [0, 0.05) is 6.20 Å². The van der Waals surface area contributed by atoms with Crippen LogP contribution in [0.15, 0.2) is 47.6 Å². The Bertz CT molecular complexity index is 456. The highest BCUT2D eigenvalue weighted by molar-refractivity contribution is 5.96. The van der Waals surface area contributed by atoms with Gasteiger partial charge in [0.05, 0.1) is 13.2 Å². The van der Waals surface area contributed by atoms with Gasteiger partial charge < -0.3 is 4.74 Å². The molecule has 0 radical (unpaired) electrons. The average Bonchev–Trinajstić information content (AvgIpc) is 2.74. The van der Waals surface area contributed by atoms with E-state index in [1.165, 1.54) is 7.11 Å². The van der Waals surface area contributed by atoms with Crippen LogP contribution in [0.5, 0.6) is 0 Å². The van der Waals surface area contributed by atoms with Crippen molar-refractivity contribution < 1.29 is 4.74 Å². The van der Waals surface area contributed by atoms with Gasteiger partial charge in [0.2, 0.25) is 5.90 Å². The lowest BCUT2D eigenvalue weighted by atomic mass is 9.82. The molecule has 0 fully saturated rings. The van der Waals surface area contributed by atoms with Crippen LogP contribution in [0.25, 0.3) is 0 Å². The molecule has 0 spiro atoms. The highest BCUT2D eigenvalue weighted by atomic mass is 16.5. The van der Waals surface area contributed by atoms with Gasteiger partial charge in [-0.1, -0.05) is 30.3 Å². The number of benzene rings is 1. The molecular formula is C12H10N2O. The predicted octanol–water partition coefficient (Wildman–Crippen LogP) is 2.02. The molecule has 1 aromatic rings. The number of hydrogen-bond donors (Lipinski definition) is 0. The van der Waals surface area contributed by atoms with Crippen molar-refractivity contribution in [3.8, 4) is 6.07 Å². The molecule has 0 saturated heterocycles. The van der Waals surface area contributed by atoms with Crippen LogP contribution in [-0.4, -0.2) is 13.0 Å². The third-order valence-electron chi connectivity index (χ3n) is 2.45. The Morgan fingerprint density at radius 3 is 2.67 bits per heavy atom. The molecule has 0 amide bonds. The quantitative estimate of drug-likeness (QED) is 0.693. The Hall–Kier alpha value is -2.08. The van der Waals surface area contributed by atoms with E-state index in [0.717, 1.165) is 5.56 Å². The molecule has 1 aliphatic heterocycles. The fourth-order valence-corrected chi connectivity index (χ4v) is 1.67. The van der Waals surface area contributed by atoms with E-state index in [2.05, 4.69) is 11.1 Å². The van der Waals surface area contributed by atoms with Crippen LogP contribution in [-0.2, 0) is 10.2 Å². The molecule has 1 atom stereocenters. The second kappa shape index (κ2) is 3.58. The first-order valence-electron chi connectivity index (χ1n) is 4.60. The van der Waals surface area contributed by atoms with Crippen LogP contribution in [0.2, 0.25) is 0 Å². The monoisotopic (exact) mass is 198 g/mol. The molecule has 2 rings (SSSR count). The molecule has 3 nitrogen and oxygen atoms in total. The second-order valence-corrected chi connectivity index (χ2v) is 3.24. The third kappa shape index (κ3) is 1.31. The summed E-state index contributed by atoms with van der Waals surface area (Å²) in [5.74, 6) is 0.427. The fraction of sp³-hybridized carbons (Fsp3) is 0.167. The van der Waals surface area contributed by atoms with Crippen LogP contribution in [0.4, 0.5) is 0 Å². The standard InChI is InChI=1S/C12H10N2O/c1-15-11-12(9-13,7-8-14-11)10-5-3-2-4-6-10/h2-8H,1H3. The van der Waals surface area contributed by atoms with E-state index in [4.69, 9.17) is 4.74 Å². The number of nitrogens with zero attached hydrogens (tertiary/aromatic N) is 2. The van der Waals surface area contributed by atoms with Crippen molar-refractivity contribution in [3.05, 3.63) is 48.2 Å². The molecule has 15 heavy (non-hydrogen) atoms. The van der Waals surface area contributed by atoms with E-state index in [1.54, 1.807) is 12.3 Å². The first-order chi connectivity index (χ1) is 7.33. The van der Waals surface area contributed by atoms with Crippen molar-refractivity contribution in [1.82, 2.24) is 0 Å². The molecule has 0 bridgehead atoms. The Kier molecular flexibility index (Phi) is 2.26. The van der Waals surface area contributed by atoms with Crippen molar-refractivity contribution in [2.24, 2.45) is 4.99 Å². The molecule has 0 N–H and O–H groups in total. The zero-order chi connectivity index (χ0) is 10.7. The topological polar surface area (TPSA) is 45.4 Å². The summed E-state index contributed by atoms with van der Waals surface area (Å²) in [6, 6.07) is 11.8. The van der Waals surface area contributed by atoms with Gasteiger partial charge in [0.25, 0.3) is 0 Å². The van der Waals surface area contributed by atoms with Crippen LogP contribution < -0.4 is 0 Å². The first kappa shape index (κ1) is 9.47. The largest absolute Gasteiger partial charge is 0.482 e. The molecule has 0 saturated carbocycles. The normalized spacial score (nSPS) is 23.3. The molecule has 0 aliphatic carbocycles.